The molecule has 0 aromatic rings. The maximum Gasteiger partial charge on any atom is 0.222 e. The van der Waals surface area contributed by atoms with E-state index in [1.165, 1.54) is 0 Å². The van der Waals surface area contributed by atoms with Gasteiger partial charge in [-0.15, -0.1) is 0 Å². The molecule has 1 N–H and O–H groups in total. The third-order valence-electron chi connectivity index (χ3n) is 3.25. The van der Waals surface area contributed by atoms with Crippen molar-refractivity contribution in [3.05, 3.63) is 0 Å². The Morgan fingerprint density at radius 1 is 1.54 bits per heavy atom. The maximum absolute atomic E-state index is 11.5. The Hall–Kier alpha value is -0.570. The zero-order valence-corrected chi connectivity index (χ0v) is 8.25. The molecule has 0 saturated carbocycles. The molecule has 0 spiro atoms. The fourth-order valence-electron chi connectivity index (χ4n) is 2.48. The van der Waals surface area contributed by atoms with Crippen LogP contribution in [0.5, 0.6) is 0 Å². The number of carbonyl (C=O) groups excluding carboxylic acids is 1. The lowest BCUT2D eigenvalue weighted by atomic mass is 9.94. The van der Waals surface area contributed by atoms with E-state index in [1.54, 1.807) is 0 Å². The largest absolute Gasteiger partial charge is 0.339 e. The molecule has 2 aliphatic rings. The molecule has 2 fully saturated rings. The first-order chi connectivity index (χ1) is 6.29. The Morgan fingerprint density at radius 3 is 3.00 bits per heavy atom. The van der Waals surface area contributed by atoms with Crippen molar-refractivity contribution in [2.45, 2.75) is 32.2 Å². The Kier molecular flexibility index (Phi) is 2.54. The van der Waals surface area contributed by atoms with Gasteiger partial charge in [-0.1, -0.05) is 6.92 Å². The topological polar surface area (TPSA) is 32.3 Å². The van der Waals surface area contributed by atoms with Gasteiger partial charge in [0, 0.05) is 19.0 Å². The normalized spacial score (nSPS) is 35.5. The molecule has 0 aromatic carbocycles. The molecule has 74 valence electrons. The highest BCUT2D eigenvalue weighted by molar-refractivity contribution is 5.78. The fourth-order valence-corrected chi connectivity index (χ4v) is 2.48. The summed E-state index contributed by atoms with van der Waals surface area (Å²) >= 11 is 0. The molecule has 13 heavy (non-hydrogen) atoms. The minimum atomic E-state index is 0.374. The third-order valence-corrected chi connectivity index (χ3v) is 3.25. The van der Waals surface area contributed by atoms with Crippen LogP contribution in [0.4, 0.5) is 0 Å². The first-order valence-electron chi connectivity index (χ1n) is 5.29. The first-order valence-corrected chi connectivity index (χ1v) is 5.29. The summed E-state index contributed by atoms with van der Waals surface area (Å²) in [5.74, 6) is 0.995. The molecule has 1 amide bonds. The summed E-state index contributed by atoms with van der Waals surface area (Å²) in [5, 5.41) is 3.36. The monoisotopic (exact) mass is 182 g/mol. The van der Waals surface area contributed by atoms with E-state index in [0.29, 0.717) is 17.9 Å². The second-order valence-electron chi connectivity index (χ2n) is 4.23. The smallest absolute Gasteiger partial charge is 0.222 e. The van der Waals surface area contributed by atoms with Crippen LogP contribution >= 0.6 is 0 Å². The number of amides is 1. The van der Waals surface area contributed by atoms with Gasteiger partial charge >= 0.3 is 0 Å². The number of hydrogen-bond donors (Lipinski definition) is 1. The Bertz CT molecular complexity index is 205. The van der Waals surface area contributed by atoms with Crippen molar-refractivity contribution in [2.24, 2.45) is 5.92 Å². The summed E-state index contributed by atoms with van der Waals surface area (Å²) in [5.41, 5.74) is 0. The van der Waals surface area contributed by atoms with Gasteiger partial charge in [0.15, 0.2) is 0 Å². The van der Waals surface area contributed by atoms with Crippen molar-refractivity contribution in [1.29, 1.82) is 0 Å². The summed E-state index contributed by atoms with van der Waals surface area (Å²) in [6.07, 6.45) is 2.97. The van der Waals surface area contributed by atoms with E-state index in [1.807, 2.05) is 0 Å². The van der Waals surface area contributed by atoms with Crippen LogP contribution in [-0.4, -0.2) is 36.5 Å². The minimum absolute atomic E-state index is 0.374. The molecule has 2 rings (SSSR count). The summed E-state index contributed by atoms with van der Waals surface area (Å²) in [4.78, 5) is 13.6. The second kappa shape index (κ2) is 3.66. The summed E-state index contributed by atoms with van der Waals surface area (Å²) < 4.78 is 0. The summed E-state index contributed by atoms with van der Waals surface area (Å²) in [7, 11) is 0. The predicted molar refractivity (Wildman–Crippen MR) is 51.4 cm³/mol. The molecule has 0 aromatic heterocycles. The van der Waals surface area contributed by atoms with Gasteiger partial charge in [-0.05, 0) is 31.8 Å². The molecule has 2 atom stereocenters. The van der Waals surface area contributed by atoms with E-state index in [0.717, 1.165) is 38.9 Å². The molecule has 2 saturated heterocycles. The molecular weight excluding hydrogens is 164 g/mol. The van der Waals surface area contributed by atoms with Gasteiger partial charge in [-0.2, -0.15) is 0 Å². The molecule has 2 aliphatic heterocycles. The highest BCUT2D eigenvalue weighted by Crippen LogP contribution is 2.22. The average Bonchev–Trinajstić information content (AvgIpc) is 2.52. The average molecular weight is 182 g/mol. The van der Waals surface area contributed by atoms with Crippen LogP contribution in [0.3, 0.4) is 0 Å². The van der Waals surface area contributed by atoms with E-state index < -0.39 is 0 Å². The van der Waals surface area contributed by atoms with Gasteiger partial charge < -0.3 is 10.2 Å². The van der Waals surface area contributed by atoms with Crippen LogP contribution in [0, 0.1) is 5.92 Å². The van der Waals surface area contributed by atoms with E-state index >= 15 is 0 Å². The third kappa shape index (κ3) is 1.70. The van der Waals surface area contributed by atoms with Gasteiger partial charge in [0.1, 0.15) is 0 Å². The van der Waals surface area contributed by atoms with Gasteiger partial charge in [0.25, 0.3) is 0 Å². The molecule has 0 aliphatic carbocycles. The molecule has 3 heteroatoms. The van der Waals surface area contributed by atoms with Crippen LogP contribution < -0.4 is 5.32 Å². The molecular formula is C10H18N2O. The van der Waals surface area contributed by atoms with Gasteiger partial charge in [-0.3, -0.25) is 4.79 Å². The van der Waals surface area contributed by atoms with Crippen molar-refractivity contribution in [3.8, 4) is 0 Å². The molecule has 2 unspecified atom stereocenters. The van der Waals surface area contributed by atoms with Crippen LogP contribution in [0.25, 0.3) is 0 Å². The van der Waals surface area contributed by atoms with Crippen LogP contribution in [0.15, 0.2) is 0 Å². The van der Waals surface area contributed by atoms with Crippen LogP contribution in [0.2, 0.25) is 0 Å². The highest BCUT2D eigenvalue weighted by atomic mass is 16.2. The number of carbonyl (C=O) groups is 1. The molecule has 3 nitrogen and oxygen atoms in total. The number of piperidine rings is 1. The minimum Gasteiger partial charge on any atom is -0.339 e. The SMILES string of the molecule is CC1CNCCC1N1CCCC1=O. The summed E-state index contributed by atoms with van der Waals surface area (Å²) in [6, 6.07) is 0.510. The van der Waals surface area contributed by atoms with Crippen LogP contribution in [0.1, 0.15) is 26.2 Å². The van der Waals surface area contributed by atoms with Crippen molar-refractivity contribution >= 4 is 5.91 Å². The standard InChI is InChI=1S/C10H18N2O/c1-8-7-11-5-4-9(8)12-6-2-3-10(12)13/h8-9,11H,2-7H2,1H3. The zero-order valence-electron chi connectivity index (χ0n) is 8.25. The van der Waals surface area contributed by atoms with Crippen molar-refractivity contribution in [3.63, 3.8) is 0 Å². The van der Waals surface area contributed by atoms with Crippen molar-refractivity contribution < 1.29 is 4.79 Å². The number of hydrogen-bond acceptors (Lipinski definition) is 2. The Morgan fingerprint density at radius 2 is 2.38 bits per heavy atom. The van der Waals surface area contributed by atoms with Crippen LogP contribution in [-0.2, 0) is 4.79 Å². The number of nitrogens with one attached hydrogen (secondary N) is 1. The van der Waals surface area contributed by atoms with E-state index in [9.17, 15) is 4.79 Å². The second-order valence-corrected chi connectivity index (χ2v) is 4.23. The van der Waals surface area contributed by atoms with Crippen molar-refractivity contribution in [1.82, 2.24) is 10.2 Å². The summed E-state index contributed by atoms with van der Waals surface area (Å²) in [6.45, 7) is 5.36. The molecule has 2 heterocycles. The number of rotatable bonds is 1. The van der Waals surface area contributed by atoms with E-state index in [-0.39, 0.29) is 0 Å². The lowest BCUT2D eigenvalue weighted by molar-refractivity contribution is -0.131. The lowest BCUT2D eigenvalue weighted by Crippen LogP contribution is -2.49. The number of nitrogens with zero attached hydrogens (tertiary/aromatic N) is 1. The fraction of sp³-hybridized carbons (Fsp3) is 0.900. The number of likely N-dealkylation sites (tertiary alicyclic amines) is 1. The van der Waals surface area contributed by atoms with E-state index in [2.05, 4.69) is 17.1 Å². The quantitative estimate of drug-likeness (QED) is 0.644. The highest BCUT2D eigenvalue weighted by Gasteiger charge is 2.32. The predicted octanol–water partition coefficient (Wildman–Crippen LogP) is 0.607. The Balaban J connectivity index is 2.01. The van der Waals surface area contributed by atoms with Gasteiger partial charge in [0.2, 0.25) is 5.91 Å². The van der Waals surface area contributed by atoms with Crippen molar-refractivity contribution in [2.75, 3.05) is 19.6 Å². The zero-order chi connectivity index (χ0) is 9.26. The first kappa shape index (κ1) is 9.00. The lowest BCUT2D eigenvalue weighted by Gasteiger charge is -2.36. The molecule has 0 radical (unpaired) electrons. The van der Waals surface area contributed by atoms with Gasteiger partial charge in [0.05, 0.1) is 0 Å². The Labute approximate surface area is 79.5 Å². The van der Waals surface area contributed by atoms with Gasteiger partial charge in [-0.25, -0.2) is 0 Å². The molecule has 0 bridgehead atoms. The van der Waals surface area contributed by atoms with E-state index in [4.69, 9.17) is 0 Å². The maximum atomic E-state index is 11.5.